The van der Waals surface area contributed by atoms with Gasteiger partial charge in [-0.1, -0.05) is 0 Å². The maximum absolute atomic E-state index is 9.86. The third-order valence-electron chi connectivity index (χ3n) is 5.67. The largest absolute Gasteiger partial charge is 0.396 e. The molecule has 1 aliphatic heterocycles. The molecule has 0 amide bonds. The van der Waals surface area contributed by atoms with Crippen LogP contribution in [0.25, 0.3) is 0 Å². The second-order valence-electron chi connectivity index (χ2n) is 7.32. The summed E-state index contributed by atoms with van der Waals surface area (Å²) in [5, 5.41) is 19.1. The number of aliphatic hydroxyl groups excluding tert-OH is 2. The molecule has 1 aliphatic carbocycles. The minimum atomic E-state index is -0.136. The van der Waals surface area contributed by atoms with E-state index in [-0.39, 0.29) is 43.5 Å². The van der Waals surface area contributed by atoms with Gasteiger partial charge in [-0.15, -0.1) is 0 Å². The third-order valence-corrected chi connectivity index (χ3v) is 5.67. The Bertz CT molecular complexity index is 347. The molecular weight excluding hydrogens is 324 g/mol. The Labute approximate surface area is 151 Å². The molecular formula is C19H36O6. The molecule has 2 aliphatic rings. The van der Waals surface area contributed by atoms with Crippen LogP contribution in [0.3, 0.4) is 0 Å². The van der Waals surface area contributed by atoms with Crippen LogP contribution in [0.4, 0.5) is 0 Å². The van der Waals surface area contributed by atoms with Gasteiger partial charge in [-0.05, 0) is 57.3 Å². The van der Waals surface area contributed by atoms with Crippen LogP contribution in [0.2, 0.25) is 0 Å². The molecule has 1 heterocycles. The molecule has 0 aromatic heterocycles. The standard InChI is InChI=1S/C19H36O6/c1-14(23-11-10-22-2)19-16(6-5-8-20)15(13-21)12-17(19)25-18-7-3-4-9-24-18/h14-21H,3-13H2,1-2H3/t14?,15-,16+,17-,18?,19+/m1/s1. The lowest BCUT2D eigenvalue weighted by Crippen LogP contribution is -2.38. The highest BCUT2D eigenvalue weighted by atomic mass is 16.7. The Morgan fingerprint density at radius 3 is 2.68 bits per heavy atom. The maximum atomic E-state index is 9.86. The second-order valence-corrected chi connectivity index (χ2v) is 7.32. The van der Waals surface area contributed by atoms with Crippen molar-refractivity contribution in [2.75, 3.05) is 40.1 Å². The first-order valence-corrected chi connectivity index (χ1v) is 9.80. The highest BCUT2D eigenvalue weighted by Gasteiger charge is 2.47. The minimum Gasteiger partial charge on any atom is -0.396 e. The first-order valence-electron chi connectivity index (χ1n) is 9.80. The molecule has 2 rings (SSSR count). The van der Waals surface area contributed by atoms with Crippen molar-refractivity contribution in [1.82, 2.24) is 0 Å². The lowest BCUT2D eigenvalue weighted by molar-refractivity contribution is -0.204. The summed E-state index contributed by atoms with van der Waals surface area (Å²) in [5.74, 6) is 0.688. The van der Waals surface area contributed by atoms with E-state index in [1.54, 1.807) is 7.11 Å². The van der Waals surface area contributed by atoms with Crippen molar-refractivity contribution in [2.45, 2.75) is 63.9 Å². The highest BCUT2D eigenvalue weighted by Crippen LogP contribution is 2.44. The third kappa shape index (κ3) is 6.15. The van der Waals surface area contributed by atoms with Crippen molar-refractivity contribution >= 4 is 0 Å². The Morgan fingerprint density at radius 2 is 2.04 bits per heavy atom. The van der Waals surface area contributed by atoms with Gasteiger partial charge in [-0.3, -0.25) is 0 Å². The Balaban J connectivity index is 2.04. The Morgan fingerprint density at radius 1 is 1.20 bits per heavy atom. The smallest absolute Gasteiger partial charge is 0.157 e. The minimum absolute atomic E-state index is 0.0176. The van der Waals surface area contributed by atoms with E-state index >= 15 is 0 Å². The molecule has 0 radical (unpaired) electrons. The number of hydrogen-bond acceptors (Lipinski definition) is 6. The molecule has 0 spiro atoms. The van der Waals surface area contributed by atoms with E-state index in [0.29, 0.717) is 19.1 Å². The Kier molecular flexibility index (Phi) is 9.66. The molecule has 1 saturated heterocycles. The van der Waals surface area contributed by atoms with Gasteiger partial charge in [0.05, 0.1) is 25.4 Å². The van der Waals surface area contributed by atoms with E-state index in [1.165, 1.54) is 0 Å². The van der Waals surface area contributed by atoms with Crippen LogP contribution in [0.1, 0.15) is 45.4 Å². The van der Waals surface area contributed by atoms with E-state index in [9.17, 15) is 10.2 Å². The average molecular weight is 360 g/mol. The van der Waals surface area contributed by atoms with Gasteiger partial charge in [-0.2, -0.15) is 0 Å². The summed E-state index contributed by atoms with van der Waals surface area (Å²) < 4.78 is 23.2. The van der Waals surface area contributed by atoms with E-state index < -0.39 is 0 Å². The summed E-state index contributed by atoms with van der Waals surface area (Å²) in [5.41, 5.74) is 0. The fourth-order valence-electron chi connectivity index (χ4n) is 4.42. The summed E-state index contributed by atoms with van der Waals surface area (Å²) in [6.45, 7) is 4.31. The number of aliphatic hydroxyl groups is 2. The van der Waals surface area contributed by atoms with Crippen LogP contribution in [-0.2, 0) is 18.9 Å². The lowest BCUT2D eigenvalue weighted by Gasteiger charge is -2.34. The number of methoxy groups -OCH3 is 1. The fraction of sp³-hybridized carbons (Fsp3) is 1.00. The zero-order chi connectivity index (χ0) is 18.1. The van der Waals surface area contributed by atoms with Gasteiger partial charge in [0.2, 0.25) is 0 Å². The van der Waals surface area contributed by atoms with Crippen LogP contribution < -0.4 is 0 Å². The highest BCUT2D eigenvalue weighted by molar-refractivity contribution is 4.94. The summed E-state index contributed by atoms with van der Waals surface area (Å²) in [4.78, 5) is 0. The van der Waals surface area contributed by atoms with Gasteiger partial charge in [-0.25, -0.2) is 0 Å². The second kappa shape index (κ2) is 11.5. The average Bonchev–Trinajstić information content (AvgIpc) is 2.98. The number of rotatable bonds is 11. The molecule has 2 unspecified atom stereocenters. The fourth-order valence-corrected chi connectivity index (χ4v) is 4.42. The van der Waals surface area contributed by atoms with Crippen LogP contribution in [-0.4, -0.2) is 68.9 Å². The molecule has 0 aromatic rings. The normalized spacial score (nSPS) is 34.3. The predicted octanol–water partition coefficient (Wildman–Crippen LogP) is 1.97. The number of ether oxygens (including phenoxy) is 4. The topological polar surface area (TPSA) is 77.4 Å². The van der Waals surface area contributed by atoms with E-state index in [1.807, 2.05) is 0 Å². The Hall–Kier alpha value is -0.240. The van der Waals surface area contributed by atoms with Gasteiger partial charge >= 0.3 is 0 Å². The van der Waals surface area contributed by atoms with Crippen molar-refractivity contribution in [1.29, 1.82) is 0 Å². The molecule has 6 nitrogen and oxygen atoms in total. The lowest BCUT2D eigenvalue weighted by atomic mass is 9.82. The van der Waals surface area contributed by atoms with Crippen molar-refractivity contribution in [2.24, 2.45) is 17.8 Å². The molecule has 6 atom stereocenters. The molecule has 2 fully saturated rings. The van der Waals surface area contributed by atoms with Crippen molar-refractivity contribution in [3.8, 4) is 0 Å². The molecule has 25 heavy (non-hydrogen) atoms. The maximum Gasteiger partial charge on any atom is 0.157 e. The molecule has 0 aromatic carbocycles. The van der Waals surface area contributed by atoms with Crippen LogP contribution in [0, 0.1) is 17.8 Å². The van der Waals surface area contributed by atoms with E-state index in [4.69, 9.17) is 18.9 Å². The first-order chi connectivity index (χ1) is 12.2. The van der Waals surface area contributed by atoms with Crippen molar-refractivity contribution in [3.05, 3.63) is 0 Å². The van der Waals surface area contributed by atoms with Gasteiger partial charge < -0.3 is 29.2 Å². The SMILES string of the molecule is COCCOC(C)[C@H]1[C@@H](CCCO)[C@@H](CO)C[C@H]1OC1CCCCO1. The zero-order valence-corrected chi connectivity index (χ0v) is 15.8. The van der Waals surface area contributed by atoms with Gasteiger partial charge in [0.25, 0.3) is 0 Å². The number of hydrogen-bond donors (Lipinski definition) is 2. The molecule has 148 valence electrons. The summed E-state index contributed by atoms with van der Waals surface area (Å²) in [6, 6.07) is 0. The predicted molar refractivity (Wildman–Crippen MR) is 94.2 cm³/mol. The van der Waals surface area contributed by atoms with Gasteiger partial charge in [0.15, 0.2) is 6.29 Å². The van der Waals surface area contributed by atoms with Crippen LogP contribution in [0.5, 0.6) is 0 Å². The summed E-state index contributed by atoms with van der Waals surface area (Å²) >= 11 is 0. The van der Waals surface area contributed by atoms with Gasteiger partial charge in [0, 0.05) is 32.8 Å². The van der Waals surface area contributed by atoms with Crippen LogP contribution >= 0.6 is 0 Å². The van der Waals surface area contributed by atoms with Crippen LogP contribution in [0.15, 0.2) is 0 Å². The summed E-state index contributed by atoms with van der Waals surface area (Å²) in [6.07, 6.45) is 5.55. The van der Waals surface area contributed by atoms with E-state index in [0.717, 1.165) is 45.1 Å². The van der Waals surface area contributed by atoms with Crippen molar-refractivity contribution < 1.29 is 29.2 Å². The molecule has 0 bridgehead atoms. The zero-order valence-electron chi connectivity index (χ0n) is 15.8. The monoisotopic (exact) mass is 360 g/mol. The van der Waals surface area contributed by atoms with E-state index in [2.05, 4.69) is 6.92 Å². The quantitative estimate of drug-likeness (QED) is 0.549. The summed E-state index contributed by atoms with van der Waals surface area (Å²) in [7, 11) is 1.67. The van der Waals surface area contributed by atoms with Crippen molar-refractivity contribution in [3.63, 3.8) is 0 Å². The van der Waals surface area contributed by atoms with Gasteiger partial charge in [0.1, 0.15) is 0 Å². The molecule has 1 saturated carbocycles. The first kappa shape index (κ1) is 21.1. The molecule has 2 N–H and O–H groups in total. The molecule has 6 heteroatoms.